The summed E-state index contributed by atoms with van der Waals surface area (Å²) in [6.45, 7) is 2.80. The Hall–Kier alpha value is -4.14. The summed E-state index contributed by atoms with van der Waals surface area (Å²) in [4.78, 5) is 13.6. The Balaban J connectivity index is 1.76. The van der Waals surface area contributed by atoms with E-state index in [0.717, 1.165) is 25.1 Å². The minimum absolute atomic E-state index is 0.0494. The third-order valence-electron chi connectivity index (χ3n) is 6.82. The van der Waals surface area contributed by atoms with Gasteiger partial charge in [0.2, 0.25) is 5.65 Å². The monoisotopic (exact) mass is 537 g/mol. The number of fused-ring (bicyclic) bond motifs is 1. The van der Waals surface area contributed by atoms with Crippen LogP contribution in [0.4, 0.5) is 13.2 Å². The van der Waals surface area contributed by atoms with Crippen LogP contribution in [0.5, 0.6) is 5.75 Å². The summed E-state index contributed by atoms with van der Waals surface area (Å²) in [7, 11) is 0. The molecular weight excluding hydrogens is 511 g/mol. The Kier molecular flexibility index (Phi) is 7.16. The van der Waals surface area contributed by atoms with Crippen molar-refractivity contribution < 1.29 is 23.0 Å². The van der Waals surface area contributed by atoms with Crippen LogP contribution >= 0.6 is 0 Å². The topological polar surface area (TPSA) is 105 Å². The lowest BCUT2D eigenvalue weighted by Gasteiger charge is -2.17. The van der Waals surface area contributed by atoms with Crippen molar-refractivity contribution in [3.8, 4) is 34.2 Å². The van der Waals surface area contributed by atoms with E-state index in [1.165, 1.54) is 4.40 Å². The Morgan fingerprint density at radius 3 is 2.49 bits per heavy atom. The maximum atomic E-state index is 13.6. The first-order valence-electron chi connectivity index (χ1n) is 12.5. The fourth-order valence-electron chi connectivity index (χ4n) is 4.65. The van der Waals surface area contributed by atoms with Gasteiger partial charge in [0.05, 0.1) is 30.5 Å². The summed E-state index contributed by atoms with van der Waals surface area (Å²) in [6.07, 6.45) is -6.79. The fraction of sp³-hybridized carbons (Fsp3) is 0.321. The van der Waals surface area contributed by atoms with Crippen molar-refractivity contribution in [1.29, 1.82) is 5.26 Å². The largest absolute Gasteiger partial charge is 0.489 e. The van der Waals surface area contributed by atoms with Crippen LogP contribution in [0.1, 0.15) is 17.5 Å². The van der Waals surface area contributed by atoms with Crippen LogP contribution in [0.3, 0.4) is 0 Å². The van der Waals surface area contributed by atoms with Gasteiger partial charge in [-0.15, -0.1) is 5.10 Å². The summed E-state index contributed by atoms with van der Waals surface area (Å²) in [5, 5.41) is 26.4. The number of pyridine rings is 1. The fourth-order valence-corrected chi connectivity index (χ4v) is 4.65. The van der Waals surface area contributed by atoms with Gasteiger partial charge in [0.1, 0.15) is 0 Å². The van der Waals surface area contributed by atoms with Gasteiger partial charge in [-0.3, -0.25) is 0 Å². The van der Waals surface area contributed by atoms with Crippen molar-refractivity contribution in [1.82, 2.24) is 19.5 Å². The van der Waals surface area contributed by atoms with E-state index < -0.39 is 24.5 Å². The van der Waals surface area contributed by atoms with Crippen LogP contribution in [0.2, 0.25) is 0 Å². The summed E-state index contributed by atoms with van der Waals surface area (Å²) >= 11 is 0. The zero-order valence-electron chi connectivity index (χ0n) is 21.1. The quantitative estimate of drug-likeness (QED) is 0.370. The van der Waals surface area contributed by atoms with Gasteiger partial charge in [-0.2, -0.15) is 18.4 Å². The number of nitrogens with zero attached hydrogens (tertiary/aromatic N) is 4. The van der Waals surface area contributed by atoms with Crippen LogP contribution in [-0.2, 0) is 6.54 Å². The number of aliphatic hydroxyl groups excluding tert-OH is 1. The molecule has 39 heavy (non-hydrogen) atoms. The molecule has 2 aromatic heterocycles. The van der Waals surface area contributed by atoms with Gasteiger partial charge < -0.3 is 15.2 Å². The standard InChI is InChI=1S/C28H26F3N5O3/c1-17-2-6-21(7-3-17)25-22(20-8-4-18(13-32)5-9-20)12-23(39-16-19-10-11-33-14-19)26-34-35(27(38)36(25)26)15-24(37)28(29,30)31/h2-9,12,19,24,33,37H,10-11,14-16H2,1H3/t19-,24?/m1/s1. The highest BCUT2D eigenvalue weighted by molar-refractivity contribution is 5.85. The van der Waals surface area contributed by atoms with Gasteiger partial charge in [0.15, 0.2) is 11.9 Å². The molecule has 1 aliphatic heterocycles. The van der Waals surface area contributed by atoms with Crippen molar-refractivity contribution in [2.24, 2.45) is 5.92 Å². The second kappa shape index (κ2) is 10.6. The molecule has 0 bridgehead atoms. The number of rotatable bonds is 7. The number of ether oxygens (including phenoxy) is 1. The molecule has 2 aromatic carbocycles. The van der Waals surface area contributed by atoms with Crippen molar-refractivity contribution in [3.05, 3.63) is 76.2 Å². The van der Waals surface area contributed by atoms with Gasteiger partial charge in [0.25, 0.3) is 0 Å². The molecule has 0 amide bonds. The molecule has 8 nitrogen and oxygen atoms in total. The number of alkyl halides is 3. The third kappa shape index (κ3) is 5.39. The van der Waals surface area contributed by atoms with Crippen LogP contribution in [-0.4, -0.2) is 51.3 Å². The lowest BCUT2D eigenvalue weighted by Crippen LogP contribution is -2.36. The molecule has 0 spiro atoms. The zero-order valence-corrected chi connectivity index (χ0v) is 21.1. The van der Waals surface area contributed by atoms with Gasteiger partial charge in [-0.1, -0.05) is 42.0 Å². The molecule has 0 radical (unpaired) electrons. The maximum Gasteiger partial charge on any atom is 0.416 e. The van der Waals surface area contributed by atoms with Gasteiger partial charge in [-0.25, -0.2) is 13.9 Å². The molecule has 1 unspecified atom stereocenters. The van der Waals surface area contributed by atoms with E-state index in [9.17, 15) is 28.3 Å². The van der Waals surface area contributed by atoms with E-state index in [1.807, 2.05) is 31.2 Å². The first-order valence-corrected chi connectivity index (χ1v) is 12.5. The van der Waals surface area contributed by atoms with E-state index in [2.05, 4.69) is 16.5 Å². The van der Waals surface area contributed by atoms with Crippen molar-refractivity contribution >= 4 is 5.65 Å². The lowest BCUT2D eigenvalue weighted by atomic mass is 9.97. The van der Waals surface area contributed by atoms with E-state index in [-0.39, 0.29) is 17.3 Å². The van der Waals surface area contributed by atoms with E-state index >= 15 is 0 Å². The molecule has 2 N–H and O–H groups in total. The maximum absolute atomic E-state index is 13.6. The molecule has 1 aliphatic rings. The SMILES string of the molecule is Cc1ccc(-c2c(-c3ccc(C#N)cc3)cc(OC[C@@H]3CCNC3)c3nn(CC(O)C(F)(F)F)c(=O)n23)cc1. The lowest BCUT2D eigenvalue weighted by molar-refractivity contribution is -0.208. The van der Waals surface area contributed by atoms with E-state index in [1.54, 1.807) is 30.3 Å². The molecule has 0 saturated carbocycles. The molecule has 1 saturated heterocycles. The number of benzene rings is 2. The first-order chi connectivity index (χ1) is 18.7. The summed E-state index contributed by atoms with van der Waals surface area (Å²) in [5.74, 6) is 0.454. The average molecular weight is 538 g/mol. The number of aliphatic hydroxyl groups is 1. The minimum Gasteiger partial charge on any atom is -0.489 e. The molecule has 4 aromatic rings. The van der Waals surface area contributed by atoms with Gasteiger partial charge in [-0.05, 0) is 49.2 Å². The molecule has 202 valence electrons. The second-order valence-corrected chi connectivity index (χ2v) is 9.68. The molecule has 5 rings (SSSR count). The highest BCUT2D eigenvalue weighted by Crippen LogP contribution is 2.37. The van der Waals surface area contributed by atoms with Gasteiger partial charge >= 0.3 is 11.9 Å². The van der Waals surface area contributed by atoms with Gasteiger partial charge in [0, 0.05) is 18.0 Å². The van der Waals surface area contributed by atoms with Crippen molar-refractivity contribution in [2.45, 2.75) is 32.2 Å². The molecule has 0 aliphatic carbocycles. The number of hydrogen-bond donors (Lipinski definition) is 2. The van der Waals surface area contributed by atoms with Crippen LogP contribution in [0.25, 0.3) is 28.0 Å². The molecule has 11 heteroatoms. The number of aromatic nitrogens is 3. The number of aryl methyl sites for hydroxylation is 1. The smallest absolute Gasteiger partial charge is 0.416 e. The molecule has 3 heterocycles. The number of hydrogen-bond acceptors (Lipinski definition) is 6. The number of nitrogens with one attached hydrogen (secondary N) is 1. The van der Waals surface area contributed by atoms with Crippen molar-refractivity contribution in [3.63, 3.8) is 0 Å². The Morgan fingerprint density at radius 2 is 1.87 bits per heavy atom. The van der Waals surface area contributed by atoms with E-state index in [0.29, 0.717) is 39.2 Å². The summed E-state index contributed by atoms with van der Waals surface area (Å²) < 4.78 is 47.5. The summed E-state index contributed by atoms with van der Waals surface area (Å²) in [6, 6.07) is 17.9. The highest BCUT2D eigenvalue weighted by atomic mass is 19.4. The summed E-state index contributed by atoms with van der Waals surface area (Å²) in [5.41, 5.74) is 2.93. The Morgan fingerprint density at radius 1 is 1.18 bits per heavy atom. The number of halogens is 3. The second-order valence-electron chi connectivity index (χ2n) is 9.68. The average Bonchev–Trinajstić information content (AvgIpc) is 3.55. The molecule has 1 fully saturated rings. The Labute approximate surface area is 221 Å². The van der Waals surface area contributed by atoms with Crippen LogP contribution in [0, 0.1) is 24.2 Å². The molecule has 2 atom stereocenters. The zero-order chi connectivity index (χ0) is 27.7. The Bertz CT molecular complexity index is 1580. The molecular formula is C28H26F3N5O3. The van der Waals surface area contributed by atoms with E-state index in [4.69, 9.17) is 4.74 Å². The third-order valence-corrected chi connectivity index (χ3v) is 6.82. The van der Waals surface area contributed by atoms with Crippen LogP contribution < -0.4 is 15.7 Å². The predicted molar refractivity (Wildman–Crippen MR) is 138 cm³/mol. The predicted octanol–water partition coefficient (Wildman–Crippen LogP) is 3.92. The normalized spacial score (nSPS) is 16.4. The number of nitriles is 1. The van der Waals surface area contributed by atoms with Crippen LogP contribution in [0.15, 0.2) is 59.4 Å². The first kappa shape index (κ1) is 26.5. The minimum atomic E-state index is -4.92. The van der Waals surface area contributed by atoms with Crippen molar-refractivity contribution in [2.75, 3.05) is 19.7 Å². The highest BCUT2D eigenvalue weighted by Gasteiger charge is 2.39.